The zero-order chi connectivity index (χ0) is 39.6. The van der Waals surface area contributed by atoms with Crippen LogP contribution in [0.3, 0.4) is 0 Å². The molecule has 5 nitrogen and oxygen atoms in total. The Labute approximate surface area is 346 Å². The van der Waals surface area contributed by atoms with E-state index >= 15 is 0 Å². The fourth-order valence-electron chi connectivity index (χ4n) is 10.0. The van der Waals surface area contributed by atoms with Crippen molar-refractivity contribution >= 4 is 108 Å². The minimum atomic E-state index is 0.482. The number of para-hydroxylation sites is 3. The molecule has 0 fully saturated rings. The van der Waals surface area contributed by atoms with E-state index in [1.807, 2.05) is 18.2 Å². The van der Waals surface area contributed by atoms with Crippen molar-refractivity contribution in [1.29, 1.82) is 10.5 Å². The molecule has 276 valence electrons. The predicted octanol–water partition coefficient (Wildman–Crippen LogP) is 14.2. The van der Waals surface area contributed by atoms with Crippen molar-refractivity contribution in [3.05, 3.63) is 187 Å². The molecule has 0 radical (unpaired) electrons. The summed E-state index contributed by atoms with van der Waals surface area (Å²) in [5, 5.41) is 33.7. The highest BCUT2D eigenvalue weighted by Gasteiger charge is 2.24. The SMILES string of the molecule is N#Cc1cc(-n2c3ccccc3c3ccc4sc5ccccc5c4c32)c(C#N)cc1-n1c2ccc(-n3c4ccccc4c4ccccc43)cc2c2c3ccccc3ccc21. The predicted molar refractivity (Wildman–Crippen MR) is 249 cm³/mol. The molecule has 0 aliphatic carbocycles. The van der Waals surface area contributed by atoms with Gasteiger partial charge in [-0.3, -0.25) is 0 Å². The Morgan fingerprint density at radius 3 is 1.62 bits per heavy atom. The highest BCUT2D eigenvalue weighted by molar-refractivity contribution is 7.26. The van der Waals surface area contributed by atoms with E-state index in [4.69, 9.17) is 0 Å². The minimum Gasteiger partial charge on any atom is -0.309 e. The highest BCUT2D eigenvalue weighted by atomic mass is 32.1. The summed E-state index contributed by atoms with van der Waals surface area (Å²) in [7, 11) is 0. The van der Waals surface area contributed by atoms with Crippen LogP contribution in [0.25, 0.3) is 113 Å². The van der Waals surface area contributed by atoms with Gasteiger partial charge in [0.25, 0.3) is 0 Å². The maximum atomic E-state index is 11.1. The molecule has 0 N–H and O–H groups in total. The number of rotatable bonds is 3. The highest BCUT2D eigenvalue weighted by Crippen LogP contribution is 2.45. The molecule has 0 bridgehead atoms. The molecule has 4 heterocycles. The molecule has 0 saturated heterocycles. The van der Waals surface area contributed by atoms with Gasteiger partial charge in [0, 0.05) is 58.2 Å². The third kappa shape index (κ3) is 4.32. The van der Waals surface area contributed by atoms with E-state index in [1.54, 1.807) is 11.3 Å². The van der Waals surface area contributed by atoms with Crippen LogP contribution in [0.15, 0.2) is 176 Å². The van der Waals surface area contributed by atoms with Gasteiger partial charge in [0.05, 0.1) is 55.6 Å². The lowest BCUT2D eigenvalue weighted by atomic mass is 10.0. The minimum absolute atomic E-state index is 0.482. The molecule has 0 amide bonds. The molecule has 9 aromatic carbocycles. The van der Waals surface area contributed by atoms with E-state index in [9.17, 15) is 10.5 Å². The topological polar surface area (TPSA) is 62.4 Å². The van der Waals surface area contributed by atoms with Crippen LogP contribution in [0.1, 0.15) is 11.1 Å². The van der Waals surface area contributed by atoms with Crippen molar-refractivity contribution in [3.63, 3.8) is 0 Å². The van der Waals surface area contributed by atoms with Crippen molar-refractivity contribution in [3.8, 4) is 29.2 Å². The molecule has 0 aliphatic rings. The molecular weight excluding hydrogens is 751 g/mol. The number of fused-ring (bicyclic) bond motifs is 15. The van der Waals surface area contributed by atoms with Gasteiger partial charge in [-0.2, -0.15) is 10.5 Å². The molecular formula is C54H29N5S. The van der Waals surface area contributed by atoms with Crippen LogP contribution in [0.5, 0.6) is 0 Å². The summed E-state index contributed by atoms with van der Waals surface area (Å²) in [6.07, 6.45) is 0. The first-order valence-electron chi connectivity index (χ1n) is 20.0. The number of thiophene rings is 1. The third-order valence-corrected chi connectivity index (χ3v) is 13.6. The van der Waals surface area contributed by atoms with Crippen LogP contribution >= 0.6 is 11.3 Å². The summed E-state index contributed by atoms with van der Waals surface area (Å²) in [5.74, 6) is 0. The first kappa shape index (κ1) is 32.9. The number of hydrogen-bond donors (Lipinski definition) is 0. The molecule has 0 atom stereocenters. The van der Waals surface area contributed by atoms with Gasteiger partial charge in [0.15, 0.2) is 0 Å². The summed E-state index contributed by atoms with van der Waals surface area (Å²) >= 11 is 1.78. The van der Waals surface area contributed by atoms with Crippen LogP contribution < -0.4 is 0 Å². The van der Waals surface area contributed by atoms with Gasteiger partial charge in [-0.05, 0) is 77.5 Å². The molecule has 13 rings (SSSR count). The van der Waals surface area contributed by atoms with E-state index in [1.165, 1.54) is 25.6 Å². The molecule has 0 saturated carbocycles. The average molecular weight is 780 g/mol. The maximum Gasteiger partial charge on any atom is 0.101 e. The van der Waals surface area contributed by atoms with Crippen molar-refractivity contribution in [2.45, 2.75) is 0 Å². The van der Waals surface area contributed by atoms with Crippen LogP contribution in [-0.4, -0.2) is 13.7 Å². The number of nitriles is 2. The lowest BCUT2D eigenvalue weighted by molar-refractivity contribution is 1.12. The van der Waals surface area contributed by atoms with E-state index in [0.717, 1.165) is 76.5 Å². The second kappa shape index (κ2) is 12.2. The lowest BCUT2D eigenvalue weighted by Crippen LogP contribution is -2.04. The van der Waals surface area contributed by atoms with Gasteiger partial charge in [-0.25, -0.2) is 0 Å². The molecule has 6 heteroatoms. The molecule has 0 unspecified atom stereocenters. The fourth-order valence-corrected chi connectivity index (χ4v) is 11.1. The Morgan fingerprint density at radius 2 is 0.917 bits per heavy atom. The van der Waals surface area contributed by atoms with Gasteiger partial charge >= 0.3 is 0 Å². The summed E-state index contributed by atoms with van der Waals surface area (Å²) in [4.78, 5) is 0. The standard InChI is InChI=1S/C54H29N5S/c55-30-33-28-49(59-45-19-9-5-15-39(45)40-23-26-51-53(54(40)59)41-16-6-10-20-50(41)60-51)34(31-56)27-48(33)58-46-25-22-35(29-42(46)52-36-12-2-1-11-32(36)21-24-47(52)58)57-43-17-7-3-13-37(43)38-14-4-8-18-44(38)57/h1-29H. The fraction of sp³-hybridized carbons (Fsp3) is 0. The van der Waals surface area contributed by atoms with Gasteiger partial charge in [-0.1, -0.05) is 109 Å². The summed E-state index contributed by atoms with van der Waals surface area (Å²) in [6.45, 7) is 0. The molecule has 4 aromatic heterocycles. The smallest absolute Gasteiger partial charge is 0.101 e. The second-order valence-electron chi connectivity index (χ2n) is 15.5. The van der Waals surface area contributed by atoms with Crippen molar-refractivity contribution in [2.75, 3.05) is 0 Å². The Hall–Kier alpha value is -8.16. The maximum absolute atomic E-state index is 11.1. The average Bonchev–Trinajstić information content (AvgIpc) is 4.04. The van der Waals surface area contributed by atoms with Crippen LogP contribution in [0.2, 0.25) is 0 Å². The Bertz CT molecular complexity index is 4050. The molecule has 13 aromatic rings. The van der Waals surface area contributed by atoms with Crippen molar-refractivity contribution in [1.82, 2.24) is 13.7 Å². The molecule has 60 heavy (non-hydrogen) atoms. The first-order valence-corrected chi connectivity index (χ1v) is 20.8. The van der Waals surface area contributed by atoms with Crippen molar-refractivity contribution < 1.29 is 0 Å². The number of benzene rings is 9. The largest absolute Gasteiger partial charge is 0.309 e. The van der Waals surface area contributed by atoms with Crippen LogP contribution in [0, 0.1) is 22.7 Å². The molecule has 0 spiro atoms. The normalized spacial score (nSPS) is 12.0. The summed E-state index contributed by atoms with van der Waals surface area (Å²) in [5.41, 5.74) is 9.63. The van der Waals surface area contributed by atoms with Crippen LogP contribution in [0.4, 0.5) is 0 Å². The monoisotopic (exact) mass is 779 g/mol. The Kier molecular flexibility index (Phi) is 6.67. The number of aromatic nitrogens is 3. The Morgan fingerprint density at radius 1 is 0.367 bits per heavy atom. The number of hydrogen-bond acceptors (Lipinski definition) is 3. The van der Waals surface area contributed by atoms with E-state index in [0.29, 0.717) is 22.5 Å². The quantitative estimate of drug-likeness (QED) is 0.179. The third-order valence-electron chi connectivity index (χ3n) is 12.5. The summed E-state index contributed by atoms with van der Waals surface area (Å²) < 4.78 is 9.15. The summed E-state index contributed by atoms with van der Waals surface area (Å²) in [6, 6.07) is 66.9. The molecule has 0 aliphatic heterocycles. The zero-order valence-corrected chi connectivity index (χ0v) is 32.7. The second-order valence-corrected chi connectivity index (χ2v) is 16.6. The van der Waals surface area contributed by atoms with Crippen molar-refractivity contribution in [2.24, 2.45) is 0 Å². The van der Waals surface area contributed by atoms with Gasteiger partial charge in [0.2, 0.25) is 0 Å². The lowest BCUT2D eigenvalue weighted by Gasteiger charge is -2.16. The van der Waals surface area contributed by atoms with Gasteiger partial charge in [-0.15, -0.1) is 11.3 Å². The van der Waals surface area contributed by atoms with Crippen LogP contribution in [-0.2, 0) is 0 Å². The van der Waals surface area contributed by atoms with Gasteiger partial charge in [0.1, 0.15) is 12.1 Å². The van der Waals surface area contributed by atoms with Gasteiger partial charge < -0.3 is 13.7 Å². The first-order chi connectivity index (χ1) is 29.7. The van der Waals surface area contributed by atoms with E-state index < -0.39 is 0 Å². The zero-order valence-electron chi connectivity index (χ0n) is 31.9. The van der Waals surface area contributed by atoms with E-state index in [2.05, 4.69) is 184 Å². The Balaban J connectivity index is 1.12. The number of nitrogens with zero attached hydrogens (tertiary/aromatic N) is 5. The van der Waals surface area contributed by atoms with E-state index in [-0.39, 0.29) is 0 Å².